The summed E-state index contributed by atoms with van der Waals surface area (Å²) in [5.74, 6) is 0.598. The number of rotatable bonds is 7. The molecule has 0 spiro atoms. The van der Waals surface area contributed by atoms with Crippen molar-refractivity contribution in [1.29, 1.82) is 5.26 Å². The molecule has 1 aromatic carbocycles. The number of fused-ring (bicyclic) bond motifs is 2. The number of nitrogens with one attached hydrogen (secondary N) is 3. The molecule has 1 aliphatic rings. The lowest BCUT2D eigenvalue weighted by Gasteiger charge is -2.31. The van der Waals surface area contributed by atoms with Crippen molar-refractivity contribution < 1.29 is 13.2 Å². The molecule has 12 heteroatoms. The molecule has 1 fully saturated rings. The van der Waals surface area contributed by atoms with Gasteiger partial charge in [-0.1, -0.05) is 0 Å². The van der Waals surface area contributed by atoms with Crippen LogP contribution in [0.1, 0.15) is 47.4 Å². The minimum absolute atomic E-state index is 0.181. The molecule has 0 atom stereocenters. The first-order valence-electron chi connectivity index (χ1n) is 13.1. The Morgan fingerprint density at radius 3 is 2.58 bits per heavy atom. The molecule has 0 saturated heterocycles. The zero-order valence-electron chi connectivity index (χ0n) is 21.7. The maximum absolute atomic E-state index is 12.9. The number of H-pyrrole nitrogens is 1. The van der Waals surface area contributed by atoms with E-state index in [4.69, 9.17) is 0 Å². The first-order chi connectivity index (χ1) is 19.3. The largest absolute Gasteiger partial charge is 0.393 e. The van der Waals surface area contributed by atoms with Crippen LogP contribution in [-0.2, 0) is 13.0 Å². The van der Waals surface area contributed by atoms with Crippen LogP contribution in [0.4, 0.5) is 24.7 Å². The van der Waals surface area contributed by atoms with Crippen LogP contribution in [0.2, 0.25) is 0 Å². The number of halogens is 3. The number of aromatic nitrogens is 5. The van der Waals surface area contributed by atoms with E-state index in [1.807, 2.05) is 16.8 Å². The third-order valence-corrected chi connectivity index (χ3v) is 8.59. The number of nitrogens with zero attached hydrogens (tertiary/aromatic N) is 5. The maximum atomic E-state index is 12.9. The van der Waals surface area contributed by atoms with Crippen molar-refractivity contribution in [2.75, 3.05) is 10.6 Å². The summed E-state index contributed by atoms with van der Waals surface area (Å²) in [6.07, 6.45) is 3.49. The summed E-state index contributed by atoms with van der Waals surface area (Å²) < 4.78 is 40.6. The highest BCUT2D eigenvalue weighted by Crippen LogP contribution is 2.35. The molecule has 0 aliphatic heterocycles. The van der Waals surface area contributed by atoms with Gasteiger partial charge in [-0.2, -0.15) is 23.5 Å². The molecular weight excluding hydrogens is 537 g/mol. The van der Waals surface area contributed by atoms with Gasteiger partial charge in [0.25, 0.3) is 0 Å². The fraction of sp³-hybridized carbons (Fsp3) is 0.357. The molecule has 1 aliphatic carbocycles. The van der Waals surface area contributed by atoms with Crippen LogP contribution in [0.25, 0.3) is 21.1 Å². The molecule has 0 amide bonds. The first-order valence-corrected chi connectivity index (χ1v) is 13.9. The van der Waals surface area contributed by atoms with Gasteiger partial charge in [0, 0.05) is 45.3 Å². The van der Waals surface area contributed by atoms with E-state index in [-0.39, 0.29) is 10.9 Å². The van der Waals surface area contributed by atoms with E-state index in [2.05, 4.69) is 55.9 Å². The Kier molecular flexibility index (Phi) is 6.83. The molecule has 4 heterocycles. The summed E-state index contributed by atoms with van der Waals surface area (Å²) >= 11 is 1.06. The van der Waals surface area contributed by atoms with Crippen molar-refractivity contribution in [2.24, 2.45) is 0 Å². The average Bonchev–Trinajstić information content (AvgIpc) is 3.66. The van der Waals surface area contributed by atoms with Gasteiger partial charge in [0.2, 0.25) is 0 Å². The molecule has 4 aromatic heterocycles. The molecule has 40 heavy (non-hydrogen) atoms. The second-order valence-electron chi connectivity index (χ2n) is 10.3. The Morgan fingerprint density at radius 1 is 1.10 bits per heavy atom. The second-order valence-corrected chi connectivity index (χ2v) is 11.4. The SMILES string of the molecule is Cc1c(NC2CCC(Nc3ncnc4sc(CC(F)(F)F)cc34)CC2)ccc2c1cc(C#N)n2Cc1cn[nH]c1. The van der Waals surface area contributed by atoms with E-state index < -0.39 is 12.6 Å². The van der Waals surface area contributed by atoms with Crippen LogP contribution in [-0.4, -0.2) is 43.0 Å². The molecule has 206 valence electrons. The summed E-state index contributed by atoms with van der Waals surface area (Å²) in [6.45, 7) is 2.65. The molecule has 6 rings (SSSR count). The molecule has 0 bridgehead atoms. The number of benzene rings is 1. The molecule has 3 N–H and O–H groups in total. The van der Waals surface area contributed by atoms with Gasteiger partial charge >= 0.3 is 6.18 Å². The van der Waals surface area contributed by atoms with Crippen LogP contribution in [0.3, 0.4) is 0 Å². The topological polar surface area (TPSA) is 107 Å². The summed E-state index contributed by atoms with van der Waals surface area (Å²) in [4.78, 5) is 9.31. The summed E-state index contributed by atoms with van der Waals surface area (Å²) in [6, 6.07) is 10.4. The molecule has 5 aromatic rings. The standard InChI is InChI=1S/C28H27F3N8S/c1-16-22-8-20(11-32)39(14-17-12-35-36-13-17)25(22)7-6-24(16)37-18-2-4-19(5-3-18)38-26-23-9-21(10-28(29,30)31)40-27(23)34-15-33-26/h6-9,12-13,15,18-19,37H,2-5,10,14H2,1H3,(H,35,36)(H,33,34,38). The van der Waals surface area contributed by atoms with E-state index in [1.54, 1.807) is 12.3 Å². The minimum Gasteiger partial charge on any atom is -0.382 e. The highest BCUT2D eigenvalue weighted by molar-refractivity contribution is 7.18. The number of alkyl halides is 3. The lowest BCUT2D eigenvalue weighted by atomic mass is 9.90. The molecule has 8 nitrogen and oxygen atoms in total. The lowest BCUT2D eigenvalue weighted by Crippen LogP contribution is -2.32. The maximum Gasteiger partial charge on any atom is 0.393 e. The predicted molar refractivity (Wildman–Crippen MR) is 150 cm³/mol. The van der Waals surface area contributed by atoms with E-state index in [1.165, 1.54) is 6.33 Å². The van der Waals surface area contributed by atoms with Gasteiger partial charge in [0.05, 0.1) is 24.5 Å². The number of anilines is 2. The van der Waals surface area contributed by atoms with Gasteiger partial charge in [0.15, 0.2) is 0 Å². The van der Waals surface area contributed by atoms with Crippen LogP contribution in [0.5, 0.6) is 0 Å². The zero-order chi connectivity index (χ0) is 27.9. The third-order valence-electron chi connectivity index (χ3n) is 7.55. The second kappa shape index (κ2) is 10.5. The van der Waals surface area contributed by atoms with E-state index in [0.29, 0.717) is 34.3 Å². The monoisotopic (exact) mass is 564 g/mol. The van der Waals surface area contributed by atoms with Crippen LogP contribution in [0.15, 0.2) is 43.0 Å². The number of aromatic amines is 1. The number of hydrogen-bond acceptors (Lipinski definition) is 7. The van der Waals surface area contributed by atoms with Crippen molar-refractivity contribution >= 4 is 44.0 Å². The predicted octanol–water partition coefficient (Wildman–Crippen LogP) is 6.54. The Morgan fingerprint density at radius 2 is 1.88 bits per heavy atom. The fourth-order valence-electron chi connectivity index (χ4n) is 5.54. The minimum atomic E-state index is -4.25. The summed E-state index contributed by atoms with van der Waals surface area (Å²) in [7, 11) is 0. The van der Waals surface area contributed by atoms with Gasteiger partial charge < -0.3 is 15.2 Å². The van der Waals surface area contributed by atoms with Gasteiger partial charge in [-0.15, -0.1) is 11.3 Å². The van der Waals surface area contributed by atoms with E-state index in [0.717, 1.165) is 64.7 Å². The van der Waals surface area contributed by atoms with Gasteiger partial charge in [0.1, 0.15) is 28.7 Å². The first kappa shape index (κ1) is 26.1. The zero-order valence-corrected chi connectivity index (χ0v) is 22.5. The molecule has 1 saturated carbocycles. The normalized spacial score (nSPS) is 17.8. The van der Waals surface area contributed by atoms with Crippen molar-refractivity contribution in [3.05, 3.63) is 64.7 Å². The number of nitriles is 1. The Hall–Kier alpha value is -4.11. The van der Waals surface area contributed by atoms with Crippen LogP contribution >= 0.6 is 11.3 Å². The molecule has 0 radical (unpaired) electrons. The highest BCUT2D eigenvalue weighted by atomic mass is 32.1. The Bertz CT molecular complexity index is 1690. The number of hydrogen-bond donors (Lipinski definition) is 3. The van der Waals surface area contributed by atoms with Crippen molar-refractivity contribution in [2.45, 2.75) is 63.8 Å². The summed E-state index contributed by atoms with van der Waals surface area (Å²) in [5, 5.41) is 25.4. The van der Waals surface area contributed by atoms with Crippen LogP contribution in [0, 0.1) is 18.3 Å². The third kappa shape index (κ3) is 5.34. The Labute approximate surface area is 232 Å². The van der Waals surface area contributed by atoms with Gasteiger partial charge in [-0.3, -0.25) is 5.10 Å². The van der Waals surface area contributed by atoms with E-state index >= 15 is 0 Å². The van der Waals surface area contributed by atoms with Crippen molar-refractivity contribution in [3.63, 3.8) is 0 Å². The summed E-state index contributed by atoms with van der Waals surface area (Å²) in [5.41, 5.74) is 4.79. The quantitative estimate of drug-likeness (QED) is 0.207. The smallest absolute Gasteiger partial charge is 0.382 e. The number of thiophene rings is 1. The Balaban J connectivity index is 1.12. The average molecular weight is 565 g/mol. The van der Waals surface area contributed by atoms with Crippen molar-refractivity contribution in [3.8, 4) is 6.07 Å². The molecule has 0 unspecified atom stereocenters. The van der Waals surface area contributed by atoms with Crippen molar-refractivity contribution in [1.82, 2.24) is 24.7 Å². The fourth-order valence-corrected chi connectivity index (χ4v) is 6.57. The van der Waals surface area contributed by atoms with Crippen LogP contribution < -0.4 is 10.6 Å². The molecular formula is C28H27F3N8S. The lowest BCUT2D eigenvalue weighted by molar-refractivity contribution is -0.126. The highest BCUT2D eigenvalue weighted by Gasteiger charge is 2.29. The van der Waals surface area contributed by atoms with E-state index in [9.17, 15) is 18.4 Å². The number of aryl methyl sites for hydroxylation is 1. The van der Waals surface area contributed by atoms with Gasteiger partial charge in [-0.05, 0) is 62.4 Å². The van der Waals surface area contributed by atoms with Gasteiger partial charge in [-0.25, -0.2) is 9.97 Å².